The third-order valence-electron chi connectivity index (χ3n) is 14.4. The molecule has 4 saturated carbocycles. The van der Waals surface area contributed by atoms with Crippen LogP contribution in [0, 0.1) is 45.3 Å². The maximum Gasteiger partial charge on any atom is 0.187 e. The van der Waals surface area contributed by atoms with Gasteiger partial charge in [-0.2, -0.15) is 0 Å². The van der Waals surface area contributed by atoms with Crippen molar-refractivity contribution in [2.75, 3.05) is 13.2 Å². The maximum absolute atomic E-state index is 12.0. The quantitative estimate of drug-likeness (QED) is 0.198. The van der Waals surface area contributed by atoms with Crippen molar-refractivity contribution in [3.8, 4) is 0 Å². The van der Waals surface area contributed by atoms with Crippen molar-refractivity contribution >= 4 is 0 Å². The van der Waals surface area contributed by atoms with Crippen molar-refractivity contribution < 1.29 is 45.2 Å². The molecule has 1 saturated heterocycles. The number of aliphatic hydroxyl groups is 7. The molecule has 1 heterocycles. The molecule has 5 aliphatic rings. The smallest absolute Gasteiger partial charge is 0.187 e. The highest BCUT2D eigenvalue weighted by atomic mass is 16.7. The van der Waals surface area contributed by atoms with Crippen LogP contribution in [0.15, 0.2) is 11.6 Å². The predicted molar refractivity (Wildman–Crippen MR) is 170 cm³/mol. The zero-order chi connectivity index (χ0) is 33.3. The number of fused-ring (bicyclic) bond motifs is 5. The SMILES string of the molecule is CC(C)=CCCC(C)(OC1OC(CO)C(O)C(O)C1O)C1CCC2(C)C1CCC1C3(C)CCC(O)C(C)(C)C3C(O)CC12CO. The molecule has 7 N–H and O–H groups in total. The first-order valence-electron chi connectivity index (χ1n) is 17.5. The minimum absolute atomic E-state index is 0.00177. The molecule has 15 atom stereocenters. The Morgan fingerprint density at radius 3 is 2.22 bits per heavy atom. The average molecular weight is 639 g/mol. The topological polar surface area (TPSA) is 160 Å². The van der Waals surface area contributed by atoms with Gasteiger partial charge in [0.05, 0.1) is 24.4 Å². The Kier molecular flexibility index (Phi) is 9.80. The van der Waals surface area contributed by atoms with Crippen molar-refractivity contribution in [2.45, 2.75) is 155 Å². The molecule has 5 rings (SSSR count). The summed E-state index contributed by atoms with van der Waals surface area (Å²) in [6, 6.07) is 0. The highest BCUT2D eigenvalue weighted by molar-refractivity contribution is 5.21. The summed E-state index contributed by atoms with van der Waals surface area (Å²) in [5.74, 6) is 0.382. The van der Waals surface area contributed by atoms with Crippen LogP contribution in [0.3, 0.4) is 0 Å². The number of hydrogen-bond acceptors (Lipinski definition) is 9. The van der Waals surface area contributed by atoms with E-state index in [1.807, 2.05) is 0 Å². The van der Waals surface area contributed by atoms with Crippen molar-refractivity contribution in [1.29, 1.82) is 0 Å². The number of rotatable bonds is 8. The molecule has 0 amide bonds. The van der Waals surface area contributed by atoms with Crippen LogP contribution in [0.1, 0.15) is 106 Å². The van der Waals surface area contributed by atoms with Crippen molar-refractivity contribution in [3.05, 3.63) is 11.6 Å². The van der Waals surface area contributed by atoms with E-state index in [9.17, 15) is 35.7 Å². The van der Waals surface area contributed by atoms with Crippen LogP contribution < -0.4 is 0 Å². The highest BCUT2D eigenvalue weighted by Crippen LogP contribution is 2.76. The fourth-order valence-corrected chi connectivity index (χ4v) is 12.1. The first-order valence-corrected chi connectivity index (χ1v) is 17.5. The molecular formula is C36H62O9. The van der Waals surface area contributed by atoms with Gasteiger partial charge >= 0.3 is 0 Å². The Hall–Kier alpha value is -0.620. The first kappa shape index (κ1) is 35.7. The molecule has 9 heteroatoms. The molecule has 1 aliphatic heterocycles. The van der Waals surface area contributed by atoms with Gasteiger partial charge in [-0.1, -0.05) is 39.3 Å². The summed E-state index contributed by atoms with van der Waals surface area (Å²) in [6.45, 7) is 14.5. The van der Waals surface area contributed by atoms with E-state index in [0.29, 0.717) is 19.3 Å². The summed E-state index contributed by atoms with van der Waals surface area (Å²) in [4.78, 5) is 0. The normalized spacial score (nSPS) is 50.6. The molecule has 0 bridgehead atoms. The van der Waals surface area contributed by atoms with Gasteiger partial charge in [-0.25, -0.2) is 0 Å². The van der Waals surface area contributed by atoms with Crippen LogP contribution in [-0.2, 0) is 9.47 Å². The lowest BCUT2D eigenvalue weighted by Gasteiger charge is -2.71. The van der Waals surface area contributed by atoms with Crippen molar-refractivity contribution in [3.63, 3.8) is 0 Å². The van der Waals surface area contributed by atoms with Gasteiger partial charge in [0.25, 0.3) is 0 Å². The molecule has 0 aromatic rings. The van der Waals surface area contributed by atoms with Gasteiger partial charge in [-0.15, -0.1) is 0 Å². The van der Waals surface area contributed by atoms with Gasteiger partial charge in [0, 0.05) is 12.0 Å². The Labute approximate surface area is 270 Å². The lowest BCUT2D eigenvalue weighted by molar-refractivity contribution is -0.335. The molecule has 9 nitrogen and oxygen atoms in total. The summed E-state index contributed by atoms with van der Waals surface area (Å²) in [7, 11) is 0. The number of allylic oxidation sites excluding steroid dienone is 2. The second-order valence-corrected chi connectivity index (χ2v) is 17.2. The fourth-order valence-electron chi connectivity index (χ4n) is 12.1. The van der Waals surface area contributed by atoms with E-state index in [-0.39, 0.29) is 41.1 Å². The van der Waals surface area contributed by atoms with Crippen LogP contribution in [0.4, 0.5) is 0 Å². The van der Waals surface area contributed by atoms with Crippen LogP contribution in [0.5, 0.6) is 0 Å². The molecule has 260 valence electrons. The molecule has 5 fully saturated rings. The summed E-state index contributed by atoms with van der Waals surface area (Å²) in [6.07, 6.45) is 1.38. The van der Waals surface area contributed by atoms with Crippen LogP contribution in [0.2, 0.25) is 0 Å². The molecule has 0 spiro atoms. The fraction of sp³-hybridized carbons (Fsp3) is 0.944. The monoisotopic (exact) mass is 638 g/mol. The standard InChI is InChI=1S/C36H62O9/c1-20(2)9-8-14-35(7,45-31-29(43)28(42)27(41)24(18-37)44-31)22-12-16-34(6)21(22)10-11-25-33(5)15-13-26(40)32(3,4)30(33)23(39)17-36(25,34)19-38/h9,21-31,37-43H,8,10-19H2,1-7H3. The molecule has 0 aromatic carbocycles. The summed E-state index contributed by atoms with van der Waals surface area (Å²) < 4.78 is 12.6. The lowest BCUT2D eigenvalue weighted by atomic mass is 9.34. The highest BCUT2D eigenvalue weighted by Gasteiger charge is 2.73. The number of hydrogen-bond donors (Lipinski definition) is 7. The van der Waals surface area contributed by atoms with E-state index in [1.54, 1.807) is 0 Å². The van der Waals surface area contributed by atoms with E-state index in [1.165, 1.54) is 5.57 Å². The van der Waals surface area contributed by atoms with E-state index in [2.05, 4.69) is 54.5 Å². The van der Waals surface area contributed by atoms with E-state index < -0.39 is 66.0 Å². The molecule has 0 radical (unpaired) electrons. The van der Waals surface area contributed by atoms with Crippen molar-refractivity contribution in [1.82, 2.24) is 0 Å². The van der Waals surface area contributed by atoms with Gasteiger partial charge in [0.15, 0.2) is 6.29 Å². The second kappa shape index (κ2) is 12.4. The first-order chi connectivity index (χ1) is 20.9. The summed E-state index contributed by atoms with van der Waals surface area (Å²) in [5, 5.41) is 76.2. The van der Waals surface area contributed by atoms with Crippen LogP contribution in [-0.4, -0.2) is 97.5 Å². The largest absolute Gasteiger partial charge is 0.396 e. The third-order valence-corrected chi connectivity index (χ3v) is 14.4. The van der Waals surface area contributed by atoms with Gasteiger partial charge in [-0.3, -0.25) is 0 Å². The van der Waals surface area contributed by atoms with Crippen LogP contribution in [0.25, 0.3) is 0 Å². The Bertz CT molecular complexity index is 1090. The van der Waals surface area contributed by atoms with Crippen molar-refractivity contribution in [2.24, 2.45) is 45.3 Å². The van der Waals surface area contributed by atoms with Gasteiger partial charge in [0.2, 0.25) is 0 Å². The third kappa shape index (κ3) is 5.39. The predicted octanol–water partition coefficient (Wildman–Crippen LogP) is 3.30. The summed E-state index contributed by atoms with van der Waals surface area (Å²) in [5.41, 5.74) is -0.983. The molecule has 15 unspecified atom stereocenters. The lowest BCUT2D eigenvalue weighted by Crippen LogP contribution is -2.69. The van der Waals surface area contributed by atoms with Crippen LogP contribution >= 0.6 is 0 Å². The van der Waals surface area contributed by atoms with E-state index >= 15 is 0 Å². The van der Waals surface area contributed by atoms with Gasteiger partial charge < -0.3 is 45.2 Å². The number of aliphatic hydroxyl groups excluding tert-OH is 7. The molecule has 45 heavy (non-hydrogen) atoms. The number of ether oxygens (including phenoxy) is 2. The zero-order valence-electron chi connectivity index (χ0n) is 28.7. The summed E-state index contributed by atoms with van der Waals surface area (Å²) >= 11 is 0. The molecule has 4 aliphatic carbocycles. The van der Waals surface area contributed by atoms with Gasteiger partial charge in [-0.05, 0) is 118 Å². The zero-order valence-corrected chi connectivity index (χ0v) is 28.7. The average Bonchev–Trinajstić information content (AvgIpc) is 3.33. The molecule has 0 aromatic heterocycles. The van der Waals surface area contributed by atoms with Gasteiger partial charge in [0.1, 0.15) is 24.4 Å². The Morgan fingerprint density at radius 1 is 0.911 bits per heavy atom. The minimum Gasteiger partial charge on any atom is -0.396 e. The minimum atomic E-state index is -1.51. The Balaban J connectivity index is 1.50. The van der Waals surface area contributed by atoms with E-state index in [4.69, 9.17) is 9.47 Å². The Morgan fingerprint density at radius 2 is 1.60 bits per heavy atom. The second-order valence-electron chi connectivity index (χ2n) is 17.2. The maximum atomic E-state index is 12.0. The molecular weight excluding hydrogens is 576 g/mol. The van der Waals surface area contributed by atoms with E-state index in [0.717, 1.165) is 38.5 Å².